The van der Waals surface area contributed by atoms with Gasteiger partial charge in [-0.25, -0.2) is 0 Å². The number of nitrogens with zero attached hydrogens (tertiary/aromatic N) is 1. The van der Waals surface area contributed by atoms with Gasteiger partial charge in [-0.3, -0.25) is 4.79 Å². The van der Waals surface area contributed by atoms with Gasteiger partial charge in [0.15, 0.2) is 11.5 Å². The van der Waals surface area contributed by atoms with Gasteiger partial charge in [0.1, 0.15) is 12.2 Å². The number of ether oxygens (including phenoxy) is 2. The van der Waals surface area contributed by atoms with E-state index < -0.39 is 42.2 Å². The van der Waals surface area contributed by atoms with Crippen molar-refractivity contribution in [3.63, 3.8) is 0 Å². The lowest BCUT2D eigenvalue weighted by Crippen LogP contribution is -2.69. The van der Waals surface area contributed by atoms with Gasteiger partial charge in [0.25, 0.3) is 5.91 Å². The van der Waals surface area contributed by atoms with Gasteiger partial charge in [0.2, 0.25) is 12.5 Å². The third-order valence-electron chi connectivity index (χ3n) is 6.90. The molecular weight excluding hydrogens is 442 g/mol. The van der Waals surface area contributed by atoms with Crippen molar-refractivity contribution >= 4 is 5.91 Å². The van der Waals surface area contributed by atoms with Crippen LogP contribution in [-0.4, -0.2) is 82.5 Å². The average molecular weight is 472 g/mol. The average Bonchev–Trinajstić information content (AvgIpc) is 3.27. The molecule has 6 N–H and O–H groups in total. The molecule has 2 aliphatic heterocycles. The van der Waals surface area contributed by atoms with Gasteiger partial charge in [-0.05, 0) is 36.9 Å². The maximum Gasteiger partial charge on any atom is 0.255 e. The molecule has 5 rings (SSSR count). The Hall–Kier alpha value is -2.89. The van der Waals surface area contributed by atoms with Gasteiger partial charge in [-0.15, -0.1) is 0 Å². The molecule has 6 atom stereocenters. The number of nitrogens with one attached hydrogen (secondary N) is 2. The molecule has 34 heavy (non-hydrogen) atoms. The molecule has 182 valence electrons. The predicted octanol–water partition coefficient (Wildman–Crippen LogP) is -0.367. The van der Waals surface area contributed by atoms with Gasteiger partial charge in [-0.1, -0.05) is 24.3 Å². The first-order valence-corrected chi connectivity index (χ1v) is 11.2. The number of benzene rings is 2. The summed E-state index contributed by atoms with van der Waals surface area (Å²) in [5.41, 5.74) is 2.57. The molecule has 1 fully saturated rings. The van der Waals surface area contributed by atoms with Gasteiger partial charge in [0, 0.05) is 25.0 Å². The first kappa shape index (κ1) is 22.9. The zero-order valence-electron chi connectivity index (χ0n) is 18.9. The van der Waals surface area contributed by atoms with Crippen molar-refractivity contribution in [3.8, 4) is 17.2 Å². The quantitative estimate of drug-likeness (QED) is 0.344. The summed E-state index contributed by atoms with van der Waals surface area (Å²) in [6.07, 6.45) is -4.20. The number of fused-ring (bicyclic) bond motifs is 4. The standard InChI is InChI=1S/C24H29N3O7/c1-27(2)9-12-6-4-3-5-11(12)8-25-17-15-13-7-14-23(34-10-33-14)19(28)16(13)24(32)26-18(15)21(30)22(31)20(17)29/h3-7,15,17-18,20-22,25,28-31H,8-10H2,1-2H3,(H,26,32). The van der Waals surface area contributed by atoms with Crippen LogP contribution in [0.25, 0.3) is 0 Å². The number of amides is 1. The summed E-state index contributed by atoms with van der Waals surface area (Å²) in [5, 5.41) is 49.1. The summed E-state index contributed by atoms with van der Waals surface area (Å²) < 4.78 is 10.7. The SMILES string of the molecule is CN(C)Cc1ccccc1CNC1C(O)C(O)C(O)C2NC(=O)c3c(cc4c(c3O)OCO4)C12. The fourth-order valence-corrected chi connectivity index (χ4v) is 5.31. The molecule has 1 amide bonds. The van der Waals surface area contributed by atoms with Gasteiger partial charge < -0.3 is 45.4 Å². The number of carbonyl (C=O) groups is 1. The monoisotopic (exact) mass is 471 g/mol. The van der Waals surface area contributed by atoms with E-state index in [1.807, 2.05) is 38.4 Å². The van der Waals surface area contributed by atoms with Crippen molar-refractivity contribution in [2.24, 2.45) is 0 Å². The second-order valence-corrected chi connectivity index (χ2v) is 9.33. The number of aromatic hydroxyl groups is 1. The number of rotatable bonds is 5. The molecular formula is C24H29N3O7. The summed E-state index contributed by atoms with van der Waals surface area (Å²) >= 11 is 0. The molecule has 1 aliphatic carbocycles. The van der Waals surface area contributed by atoms with E-state index in [9.17, 15) is 25.2 Å². The van der Waals surface area contributed by atoms with Crippen LogP contribution < -0.4 is 20.1 Å². The lowest BCUT2D eigenvalue weighted by Gasteiger charge is -2.49. The van der Waals surface area contributed by atoms with Crippen molar-refractivity contribution in [1.29, 1.82) is 0 Å². The maximum atomic E-state index is 12.9. The molecule has 10 heteroatoms. The highest BCUT2D eigenvalue weighted by atomic mass is 16.7. The minimum Gasteiger partial charge on any atom is -0.504 e. The Bertz CT molecular complexity index is 1110. The third kappa shape index (κ3) is 3.68. The highest BCUT2D eigenvalue weighted by Gasteiger charge is 2.54. The smallest absolute Gasteiger partial charge is 0.255 e. The Morgan fingerprint density at radius 1 is 1.09 bits per heavy atom. The van der Waals surface area contributed by atoms with Crippen molar-refractivity contribution in [2.45, 2.75) is 49.4 Å². The number of aliphatic hydroxyl groups is 3. The maximum absolute atomic E-state index is 12.9. The van der Waals surface area contributed by atoms with Crippen LogP contribution in [-0.2, 0) is 13.1 Å². The highest BCUT2D eigenvalue weighted by molar-refractivity contribution is 6.01. The normalized spacial score (nSPS) is 29.5. The van der Waals surface area contributed by atoms with Crippen LogP contribution in [0.15, 0.2) is 30.3 Å². The van der Waals surface area contributed by atoms with Crippen LogP contribution in [0, 0.1) is 0 Å². The molecule has 3 aliphatic rings. The molecule has 2 aromatic rings. The molecule has 1 saturated carbocycles. The number of hydrogen-bond donors (Lipinski definition) is 6. The highest BCUT2D eigenvalue weighted by Crippen LogP contribution is 2.50. The van der Waals surface area contributed by atoms with Crippen LogP contribution in [0.1, 0.15) is 33.0 Å². The van der Waals surface area contributed by atoms with Crippen LogP contribution in [0.3, 0.4) is 0 Å². The van der Waals surface area contributed by atoms with E-state index in [0.717, 1.165) is 17.7 Å². The topological polar surface area (TPSA) is 144 Å². The van der Waals surface area contributed by atoms with E-state index in [4.69, 9.17) is 9.47 Å². The second kappa shape index (κ2) is 8.71. The minimum atomic E-state index is -1.47. The summed E-state index contributed by atoms with van der Waals surface area (Å²) in [6.45, 7) is 1.03. The van der Waals surface area contributed by atoms with Gasteiger partial charge >= 0.3 is 0 Å². The zero-order valence-corrected chi connectivity index (χ0v) is 18.9. The Labute approximate surface area is 196 Å². The van der Waals surface area contributed by atoms with Crippen molar-refractivity contribution in [1.82, 2.24) is 15.5 Å². The Morgan fingerprint density at radius 2 is 1.82 bits per heavy atom. The van der Waals surface area contributed by atoms with Crippen LogP contribution >= 0.6 is 0 Å². The zero-order chi connectivity index (χ0) is 24.1. The van der Waals surface area contributed by atoms with Gasteiger partial charge in [0.05, 0.1) is 17.7 Å². The largest absolute Gasteiger partial charge is 0.504 e. The molecule has 6 unspecified atom stereocenters. The van der Waals surface area contributed by atoms with Crippen LogP contribution in [0.4, 0.5) is 0 Å². The Balaban J connectivity index is 1.53. The molecule has 0 spiro atoms. The summed E-state index contributed by atoms with van der Waals surface area (Å²) in [6, 6.07) is 7.91. The van der Waals surface area contributed by atoms with Crippen LogP contribution in [0.5, 0.6) is 17.2 Å². The summed E-state index contributed by atoms with van der Waals surface area (Å²) in [5.74, 6) is -1.21. The van der Waals surface area contributed by atoms with Crippen molar-refractivity contribution in [2.75, 3.05) is 20.9 Å². The van der Waals surface area contributed by atoms with E-state index in [1.165, 1.54) is 0 Å². The van der Waals surface area contributed by atoms with Crippen molar-refractivity contribution < 1.29 is 34.7 Å². The number of phenols is 1. The third-order valence-corrected chi connectivity index (χ3v) is 6.90. The van der Waals surface area contributed by atoms with E-state index in [0.29, 0.717) is 12.1 Å². The number of phenolic OH excluding ortho intramolecular Hbond substituents is 1. The Morgan fingerprint density at radius 3 is 2.56 bits per heavy atom. The fraction of sp³-hybridized carbons (Fsp3) is 0.458. The first-order chi connectivity index (χ1) is 16.3. The minimum absolute atomic E-state index is 0.0149. The molecule has 2 aromatic carbocycles. The second-order valence-electron chi connectivity index (χ2n) is 9.33. The Kier molecular flexibility index (Phi) is 5.86. The van der Waals surface area contributed by atoms with E-state index in [2.05, 4.69) is 15.5 Å². The van der Waals surface area contributed by atoms with E-state index >= 15 is 0 Å². The molecule has 2 heterocycles. The van der Waals surface area contributed by atoms with Crippen molar-refractivity contribution in [3.05, 3.63) is 52.6 Å². The molecule has 0 aromatic heterocycles. The molecule has 0 saturated heterocycles. The molecule has 0 radical (unpaired) electrons. The van der Waals surface area contributed by atoms with E-state index in [-0.39, 0.29) is 29.6 Å². The summed E-state index contributed by atoms with van der Waals surface area (Å²) in [4.78, 5) is 14.9. The molecule has 10 nitrogen and oxygen atoms in total. The van der Waals surface area contributed by atoms with E-state index in [1.54, 1.807) is 6.07 Å². The number of carbonyl (C=O) groups excluding carboxylic acids is 1. The lowest BCUT2D eigenvalue weighted by atomic mass is 9.68. The molecule has 0 bridgehead atoms. The lowest BCUT2D eigenvalue weighted by molar-refractivity contribution is -0.119. The summed E-state index contributed by atoms with van der Waals surface area (Å²) in [7, 11) is 3.96. The fourth-order valence-electron chi connectivity index (χ4n) is 5.31. The van der Waals surface area contributed by atoms with Gasteiger partial charge in [-0.2, -0.15) is 0 Å². The predicted molar refractivity (Wildman–Crippen MR) is 121 cm³/mol. The number of hydrogen-bond acceptors (Lipinski definition) is 9. The first-order valence-electron chi connectivity index (χ1n) is 11.2. The number of aliphatic hydroxyl groups excluding tert-OH is 3. The van der Waals surface area contributed by atoms with Crippen LogP contribution in [0.2, 0.25) is 0 Å².